The molecule has 1 rings (SSSR count). The predicted molar refractivity (Wildman–Crippen MR) is 74.0 cm³/mol. The molecule has 0 aliphatic rings. The monoisotopic (exact) mass is 238 g/mol. The molecule has 0 atom stereocenters. The molecule has 0 unspecified atom stereocenters. The van der Waals surface area contributed by atoms with Gasteiger partial charge in [-0.05, 0) is 18.9 Å². The molecule has 1 aromatic rings. The molecule has 1 aromatic carbocycles. The Balaban J connectivity index is 2.03. The Morgan fingerprint density at radius 2 is 1.94 bits per heavy atom. The first kappa shape index (κ1) is 13.6. The Labute approximate surface area is 103 Å². The number of rotatable bonds is 8. The van der Waals surface area contributed by atoms with Gasteiger partial charge in [-0.2, -0.15) is 11.8 Å². The fourth-order valence-corrected chi connectivity index (χ4v) is 1.95. The van der Waals surface area contributed by atoms with Crippen LogP contribution in [0, 0.1) is 0 Å². The molecule has 0 amide bonds. The summed E-state index contributed by atoms with van der Waals surface area (Å²) in [4.78, 5) is 2.37. The SMILES string of the molecule is CSCCN(C)CCNCc1ccccc1. The summed E-state index contributed by atoms with van der Waals surface area (Å²) in [6, 6.07) is 10.5. The zero-order chi connectivity index (χ0) is 11.6. The molecule has 90 valence electrons. The zero-order valence-electron chi connectivity index (χ0n) is 10.3. The van der Waals surface area contributed by atoms with Crippen LogP contribution < -0.4 is 5.32 Å². The first-order valence-corrected chi connectivity index (χ1v) is 7.14. The Morgan fingerprint density at radius 3 is 2.62 bits per heavy atom. The first-order chi connectivity index (χ1) is 7.83. The molecule has 16 heavy (non-hydrogen) atoms. The van der Waals surface area contributed by atoms with Gasteiger partial charge < -0.3 is 10.2 Å². The van der Waals surface area contributed by atoms with E-state index in [1.54, 1.807) is 0 Å². The van der Waals surface area contributed by atoms with Crippen molar-refractivity contribution >= 4 is 11.8 Å². The quantitative estimate of drug-likeness (QED) is 0.698. The second kappa shape index (κ2) is 8.62. The van der Waals surface area contributed by atoms with Gasteiger partial charge in [-0.1, -0.05) is 30.3 Å². The summed E-state index contributed by atoms with van der Waals surface area (Å²) >= 11 is 1.90. The molecule has 2 nitrogen and oxygen atoms in total. The van der Waals surface area contributed by atoms with Crippen molar-refractivity contribution in [1.29, 1.82) is 0 Å². The molecule has 0 aromatic heterocycles. The Morgan fingerprint density at radius 1 is 1.19 bits per heavy atom. The molecule has 0 saturated carbocycles. The van der Waals surface area contributed by atoms with Gasteiger partial charge in [0.25, 0.3) is 0 Å². The van der Waals surface area contributed by atoms with Crippen LogP contribution in [0.1, 0.15) is 5.56 Å². The van der Waals surface area contributed by atoms with E-state index in [0.29, 0.717) is 0 Å². The number of thioether (sulfide) groups is 1. The lowest BCUT2D eigenvalue weighted by Crippen LogP contribution is -2.30. The van der Waals surface area contributed by atoms with Gasteiger partial charge in [-0.3, -0.25) is 0 Å². The van der Waals surface area contributed by atoms with Crippen molar-refractivity contribution in [2.24, 2.45) is 0 Å². The van der Waals surface area contributed by atoms with E-state index in [-0.39, 0.29) is 0 Å². The van der Waals surface area contributed by atoms with Crippen LogP contribution in [0.4, 0.5) is 0 Å². The van der Waals surface area contributed by atoms with E-state index in [2.05, 4.69) is 53.9 Å². The van der Waals surface area contributed by atoms with Crippen LogP contribution in [0.25, 0.3) is 0 Å². The lowest BCUT2D eigenvalue weighted by Gasteiger charge is -2.16. The highest BCUT2D eigenvalue weighted by Gasteiger charge is 1.96. The summed E-state index contributed by atoms with van der Waals surface area (Å²) in [7, 11) is 2.18. The number of benzene rings is 1. The van der Waals surface area contributed by atoms with Gasteiger partial charge in [0.1, 0.15) is 0 Å². The second-order valence-corrected chi connectivity index (χ2v) is 4.94. The van der Waals surface area contributed by atoms with Gasteiger partial charge >= 0.3 is 0 Å². The average Bonchev–Trinajstić information content (AvgIpc) is 2.33. The maximum Gasteiger partial charge on any atom is 0.0206 e. The highest BCUT2D eigenvalue weighted by atomic mass is 32.2. The fourth-order valence-electron chi connectivity index (χ4n) is 1.46. The van der Waals surface area contributed by atoms with Gasteiger partial charge in [-0.25, -0.2) is 0 Å². The topological polar surface area (TPSA) is 15.3 Å². The first-order valence-electron chi connectivity index (χ1n) is 5.75. The summed E-state index contributed by atoms with van der Waals surface area (Å²) in [5.41, 5.74) is 1.36. The highest BCUT2D eigenvalue weighted by molar-refractivity contribution is 7.98. The van der Waals surface area contributed by atoms with Gasteiger partial charge in [0.05, 0.1) is 0 Å². The molecule has 1 N–H and O–H groups in total. The second-order valence-electron chi connectivity index (χ2n) is 3.96. The van der Waals surface area contributed by atoms with E-state index < -0.39 is 0 Å². The van der Waals surface area contributed by atoms with Crippen LogP contribution in [0.5, 0.6) is 0 Å². The number of hydrogen-bond acceptors (Lipinski definition) is 3. The van der Waals surface area contributed by atoms with Crippen LogP contribution in [0.15, 0.2) is 30.3 Å². The summed E-state index contributed by atoms with van der Waals surface area (Å²) in [6.45, 7) is 4.32. The van der Waals surface area contributed by atoms with Crippen molar-refractivity contribution in [3.63, 3.8) is 0 Å². The minimum absolute atomic E-state index is 0.969. The summed E-state index contributed by atoms with van der Waals surface area (Å²) in [6.07, 6.45) is 2.15. The third kappa shape index (κ3) is 6.16. The third-order valence-corrected chi connectivity index (χ3v) is 3.11. The molecule has 0 fully saturated rings. The van der Waals surface area contributed by atoms with E-state index in [0.717, 1.165) is 19.6 Å². The smallest absolute Gasteiger partial charge is 0.0206 e. The van der Waals surface area contributed by atoms with Crippen molar-refractivity contribution in [3.05, 3.63) is 35.9 Å². The van der Waals surface area contributed by atoms with Crippen molar-refractivity contribution < 1.29 is 0 Å². The van der Waals surface area contributed by atoms with Crippen molar-refractivity contribution in [1.82, 2.24) is 10.2 Å². The zero-order valence-corrected chi connectivity index (χ0v) is 11.1. The van der Waals surface area contributed by atoms with Crippen LogP contribution >= 0.6 is 11.8 Å². The minimum Gasteiger partial charge on any atom is -0.311 e. The molecule has 0 saturated heterocycles. The normalized spacial score (nSPS) is 10.9. The van der Waals surface area contributed by atoms with E-state index >= 15 is 0 Å². The molecular formula is C13H22N2S. The average molecular weight is 238 g/mol. The molecule has 0 spiro atoms. The molecular weight excluding hydrogens is 216 g/mol. The van der Waals surface area contributed by atoms with Crippen molar-refractivity contribution in [2.45, 2.75) is 6.54 Å². The van der Waals surface area contributed by atoms with Gasteiger partial charge in [-0.15, -0.1) is 0 Å². The van der Waals surface area contributed by atoms with E-state index in [1.165, 1.54) is 17.9 Å². The van der Waals surface area contributed by atoms with Gasteiger partial charge in [0, 0.05) is 31.9 Å². The van der Waals surface area contributed by atoms with Gasteiger partial charge in [0.15, 0.2) is 0 Å². The number of nitrogens with one attached hydrogen (secondary N) is 1. The summed E-state index contributed by atoms with van der Waals surface area (Å²) in [5.74, 6) is 1.22. The number of hydrogen-bond donors (Lipinski definition) is 1. The largest absolute Gasteiger partial charge is 0.311 e. The Kier molecular flexibility index (Phi) is 7.30. The predicted octanol–water partition coefficient (Wildman–Crippen LogP) is 2.07. The van der Waals surface area contributed by atoms with Crippen LogP contribution in [0.3, 0.4) is 0 Å². The maximum atomic E-state index is 3.46. The number of nitrogens with zero attached hydrogens (tertiary/aromatic N) is 1. The van der Waals surface area contributed by atoms with Crippen LogP contribution in [-0.4, -0.2) is 43.6 Å². The van der Waals surface area contributed by atoms with Gasteiger partial charge in [0.2, 0.25) is 0 Å². The van der Waals surface area contributed by atoms with E-state index in [9.17, 15) is 0 Å². The van der Waals surface area contributed by atoms with E-state index in [4.69, 9.17) is 0 Å². The van der Waals surface area contributed by atoms with Crippen LogP contribution in [-0.2, 0) is 6.54 Å². The summed E-state index contributed by atoms with van der Waals surface area (Å²) < 4.78 is 0. The molecule has 0 bridgehead atoms. The molecule has 0 radical (unpaired) electrons. The molecule has 3 heteroatoms. The Bertz CT molecular complexity index is 264. The van der Waals surface area contributed by atoms with Crippen molar-refractivity contribution in [3.8, 4) is 0 Å². The Hall–Kier alpha value is -0.510. The fraction of sp³-hybridized carbons (Fsp3) is 0.538. The summed E-state index contributed by atoms with van der Waals surface area (Å²) in [5, 5.41) is 3.46. The van der Waals surface area contributed by atoms with Crippen molar-refractivity contribution in [2.75, 3.05) is 38.7 Å². The van der Waals surface area contributed by atoms with Crippen LogP contribution in [0.2, 0.25) is 0 Å². The molecule has 0 aliphatic heterocycles. The minimum atomic E-state index is 0.969. The molecule has 0 heterocycles. The van der Waals surface area contributed by atoms with E-state index in [1.807, 2.05) is 11.8 Å². The maximum absolute atomic E-state index is 3.46. The molecule has 0 aliphatic carbocycles. The lowest BCUT2D eigenvalue weighted by atomic mass is 10.2. The standard InChI is InChI=1S/C13H22N2S/c1-15(10-11-16-2)9-8-14-12-13-6-4-3-5-7-13/h3-7,14H,8-12H2,1-2H3. The lowest BCUT2D eigenvalue weighted by molar-refractivity contribution is 0.351. The highest BCUT2D eigenvalue weighted by Crippen LogP contribution is 1.97. The third-order valence-electron chi connectivity index (χ3n) is 2.52. The number of likely N-dealkylation sites (N-methyl/N-ethyl adjacent to an activating group) is 1.